The van der Waals surface area contributed by atoms with Crippen LogP contribution in [0.5, 0.6) is 0 Å². The summed E-state index contributed by atoms with van der Waals surface area (Å²) in [6.45, 7) is 4.07. The van der Waals surface area contributed by atoms with E-state index in [4.69, 9.17) is 16.7 Å². The number of unbranched alkanes of at least 4 members (excludes halogenated alkanes) is 3. The molecule has 196 valence electrons. The van der Waals surface area contributed by atoms with Gasteiger partial charge >= 0.3 is 0 Å². The van der Waals surface area contributed by atoms with Crippen molar-refractivity contribution in [3.05, 3.63) is 88.0 Å². The van der Waals surface area contributed by atoms with Crippen LogP contribution >= 0.6 is 22.9 Å². The Bertz CT molecular complexity index is 1440. The van der Waals surface area contributed by atoms with Gasteiger partial charge in [0.2, 0.25) is 0 Å². The molecular formula is C29H34ClN3O2S2. The molecule has 0 amide bonds. The van der Waals surface area contributed by atoms with Crippen molar-refractivity contribution in [2.45, 2.75) is 50.5 Å². The molecule has 0 atom stereocenters. The normalized spacial score (nSPS) is 11.9. The molecule has 0 radical (unpaired) electrons. The van der Waals surface area contributed by atoms with Crippen LogP contribution in [0.2, 0.25) is 5.02 Å². The van der Waals surface area contributed by atoms with Crippen LogP contribution in [0.4, 0.5) is 0 Å². The third kappa shape index (κ3) is 7.32. The minimum absolute atomic E-state index is 0.334. The van der Waals surface area contributed by atoms with Gasteiger partial charge in [0.1, 0.15) is 0 Å². The molecular weight excluding hydrogens is 522 g/mol. The Morgan fingerprint density at radius 3 is 2.57 bits per heavy atom. The maximum absolute atomic E-state index is 12.0. The molecule has 8 heteroatoms. The molecule has 0 unspecified atom stereocenters. The predicted molar refractivity (Wildman–Crippen MR) is 155 cm³/mol. The quantitative estimate of drug-likeness (QED) is 0.173. The molecule has 0 aliphatic heterocycles. The first-order valence-electron chi connectivity index (χ1n) is 12.6. The standard InChI is InChI=1S/C29H34ClN3O2S2/c1-4-5-6-9-17-32(2)21-23-19-24(33(31-23)28-14-8-7-13-27(28)30)20-25-15-16-29(36-25)22-11-10-12-26(18-22)37(3,34)35/h7-8,10-16,18-19H,4-6,9,17,20-21H2,1-3H3. The van der Waals surface area contributed by atoms with E-state index in [0.29, 0.717) is 16.3 Å². The number of para-hydroxylation sites is 1. The average Bonchev–Trinajstić information content (AvgIpc) is 3.49. The van der Waals surface area contributed by atoms with Crippen LogP contribution in [0, 0.1) is 0 Å². The zero-order valence-electron chi connectivity index (χ0n) is 21.7. The molecule has 0 aliphatic rings. The van der Waals surface area contributed by atoms with Crippen LogP contribution in [0.3, 0.4) is 0 Å². The lowest BCUT2D eigenvalue weighted by molar-refractivity contribution is 0.313. The molecule has 2 heterocycles. The monoisotopic (exact) mass is 555 g/mol. The topological polar surface area (TPSA) is 55.2 Å². The van der Waals surface area contributed by atoms with E-state index in [2.05, 4.69) is 37.1 Å². The summed E-state index contributed by atoms with van der Waals surface area (Å²) in [6, 6.07) is 21.3. The number of rotatable bonds is 12. The Morgan fingerprint density at radius 1 is 1.00 bits per heavy atom. The van der Waals surface area contributed by atoms with Crippen LogP contribution in [-0.2, 0) is 22.8 Å². The predicted octanol–water partition coefficient (Wildman–Crippen LogP) is 7.26. The van der Waals surface area contributed by atoms with Crippen molar-refractivity contribution < 1.29 is 8.42 Å². The molecule has 0 saturated heterocycles. The number of nitrogens with zero attached hydrogens (tertiary/aromatic N) is 3. The van der Waals surface area contributed by atoms with Crippen molar-refractivity contribution in [3.63, 3.8) is 0 Å². The van der Waals surface area contributed by atoms with Gasteiger partial charge < -0.3 is 4.90 Å². The first-order valence-corrected chi connectivity index (χ1v) is 15.7. The molecule has 2 aromatic carbocycles. The lowest BCUT2D eigenvalue weighted by atomic mass is 10.2. The van der Waals surface area contributed by atoms with Gasteiger partial charge in [-0.2, -0.15) is 5.10 Å². The average molecular weight is 556 g/mol. The number of benzene rings is 2. The van der Waals surface area contributed by atoms with E-state index < -0.39 is 9.84 Å². The third-order valence-electron chi connectivity index (χ3n) is 6.30. The Kier molecular flexibility index (Phi) is 9.24. The van der Waals surface area contributed by atoms with E-state index in [1.54, 1.807) is 29.5 Å². The van der Waals surface area contributed by atoms with Crippen molar-refractivity contribution in [1.82, 2.24) is 14.7 Å². The fourth-order valence-electron chi connectivity index (χ4n) is 4.36. The van der Waals surface area contributed by atoms with Crippen LogP contribution in [0.25, 0.3) is 16.1 Å². The summed E-state index contributed by atoms with van der Waals surface area (Å²) in [7, 11) is -1.11. The molecule has 4 aromatic rings. The lowest BCUT2D eigenvalue weighted by Crippen LogP contribution is -2.19. The smallest absolute Gasteiger partial charge is 0.175 e. The van der Waals surface area contributed by atoms with Gasteiger partial charge in [0.25, 0.3) is 0 Å². The van der Waals surface area contributed by atoms with Gasteiger partial charge in [0, 0.05) is 34.7 Å². The number of hydrogen-bond donors (Lipinski definition) is 0. The summed E-state index contributed by atoms with van der Waals surface area (Å²) in [6.07, 6.45) is 6.91. The Morgan fingerprint density at radius 2 is 1.81 bits per heavy atom. The molecule has 4 rings (SSSR count). The van der Waals surface area contributed by atoms with Gasteiger partial charge in [0.15, 0.2) is 9.84 Å². The zero-order valence-corrected chi connectivity index (χ0v) is 24.0. The molecule has 0 aliphatic carbocycles. The summed E-state index contributed by atoms with van der Waals surface area (Å²) in [5, 5.41) is 5.62. The van der Waals surface area contributed by atoms with Crippen molar-refractivity contribution in [2.24, 2.45) is 0 Å². The SMILES string of the molecule is CCCCCCN(C)Cc1cc(Cc2ccc(-c3cccc(S(C)(=O)=O)c3)s2)n(-c2ccccc2Cl)n1. The second kappa shape index (κ2) is 12.4. The summed E-state index contributed by atoms with van der Waals surface area (Å²) >= 11 is 8.23. The Balaban J connectivity index is 1.58. The van der Waals surface area contributed by atoms with Crippen molar-refractivity contribution in [2.75, 3.05) is 19.8 Å². The van der Waals surface area contributed by atoms with Gasteiger partial charge in [-0.3, -0.25) is 0 Å². The van der Waals surface area contributed by atoms with Crippen molar-refractivity contribution >= 4 is 32.8 Å². The Labute approximate surface area is 229 Å². The van der Waals surface area contributed by atoms with Crippen LogP contribution in [-0.4, -0.2) is 42.9 Å². The van der Waals surface area contributed by atoms with E-state index in [9.17, 15) is 8.42 Å². The number of sulfone groups is 1. The summed E-state index contributed by atoms with van der Waals surface area (Å²) < 4.78 is 26.0. The summed E-state index contributed by atoms with van der Waals surface area (Å²) in [5.74, 6) is 0. The molecule has 0 fully saturated rings. The maximum Gasteiger partial charge on any atom is 0.175 e. The molecule has 37 heavy (non-hydrogen) atoms. The van der Waals surface area contributed by atoms with Crippen LogP contribution < -0.4 is 0 Å². The highest BCUT2D eigenvalue weighted by Gasteiger charge is 2.16. The molecule has 0 saturated carbocycles. The number of hydrogen-bond acceptors (Lipinski definition) is 5. The minimum atomic E-state index is -3.26. The van der Waals surface area contributed by atoms with Gasteiger partial charge in [-0.05, 0) is 68.0 Å². The first-order chi connectivity index (χ1) is 17.7. The van der Waals surface area contributed by atoms with Crippen LogP contribution in [0.1, 0.15) is 48.9 Å². The largest absolute Gasteiger partial charge is 0.300 e. The van der Waals surface area contributed by atoms with Crippen molar-refractivity contribution in [1.29, 1.82) is 0 Å². The maximum atomic E-state index is 12.0. The van der Waals surface area contributed by atoms with Gasteiger partial charge in [-0.1, -0.05) is 62.1 Å². The highest BCUT2D eigenvalue weighted by atomic mass is 35.5. The van der Waals surface area contributed by atoms with E-state index >= 15 is 0 Å². The fraction of sp³-hybridized carbons (Fsp3) is 0.345. The van der Waals surface area contributed by atoms with E-state index in [0.717, 1.165) is 40.6 Å². The first kappa shape index (κ1) is 27.6. The number of aromatic nitrogens is 2. The highest BCUT2D eigenvalue weighted by Crippen LogP contribution is 2.32. The summed E-state index contributed by atoms with van der Waals surface area (Å²) in [5.41, 5.74) is 3.86. The Hall–Kier alpha value is -2.45. The van der Waals surface area contributed by atoms with Gasteiger partial charge in [-0.15, -0.1) is 11.3 Å². The van der Waals surface area contributed by atoms with Gasteiger partial charge in [-0.25, -0.2) is 13.1 Å². The van der Waals surface area contributed by atoms with Crippen molar-refractivity contribution in [3.8, 4) is 16.1 Å². The molecule has 2 aromatic heterocycles. The van der Waals surface area contributed by atoms with Gasteiger partial charge in [0.05, 0.1) is 21.3 Å². The van der Waals surface area contributed by atoms with E-state index in [1.165, 1.54) is 36.8 Å². The molecule has 0 bridgehead atoms. The second-order valence-corrected chi connectivity index (χ2v) is 13.1. The zero-order chi connectivity index (χ0) is 26.4. The van der Waals surface area contributed by atoms with Crippen LogP contribution in [0.15, 0.2) is 71.6 Å². The van der Waals surface area contributed by atoms with E-state index in [1.807, 2.05) is 35.0 Å². The minimum Gasteiger partial charge on any atom is -0.300 e. The number of thiophene rings is 1. The van der Waals surface area contributed by atoms with E-state index in [-0.39, 0.29) is 0 Å². The molecule has 0 spiro atoms. The molecule has 0 N–H and O–H groups in total. The number of halogens is 1. The lowest BCUT2D eigenvalue weighted by Gasteiger charge is -2.14. The molecule has 5 nitrogen and oxygen atoms in total. The second-order valence-electron chi connectivity index (χ2n) is 9.53. The fourth-order valence-corrected chi connectivity index (χ4v) is 6.26. The summed E-state index contributed by atoms with van der Waals surface area (Å²) in [4.78, 5) is 4.88. The highest BCUT2D eigenvalue weighted by molar-refractivity contribution is 7.90. The third-order valence-corrected chi connectivity index (χ3v) is 8.87.